The Bertz CT molecular complexity index is 223. The lowest BCUT2D eigenvalue weighted by Crippen LogP contribution is -2.41. The molecule has 3 heteroatoms. The Kier molecular flexibility index (Phi) is 5.46. The van der Waals surface area contributed by atoms with E-state index in [1.807, 2.05) is 26.8 Å². The number of hydrogen-bond acceptors (Lipinski definition) is 3. The summed E-state index contributed by atoms with van der Waals surface area (Å²) in [6.07, 6.45) is 7.29. The van der Waals surface area contributed by atoms with Crippen molar-refractivity contribution in [2.24, 2.45) is 0 Å². The van der Waals surface area contributed by atoms with Gasteiger partial charge >= 0.3 is 0 Å². The molecule has 94 valence electrons. The standard InChI is InChI=1S/C13H24O3/c1-4-5-6-7-11(14)10-12-8-9-15-13(2,3)16-12/h4-5,11-12,14H,6-10H2,1-3H3/b5-4+/t11?,12-/m0/s1. The first kappa shape index (κ1) is 13.7. The van der Waals surface area contributed by atoms with Gasteiger partial charge in [-0.25, -0.2) is 0 Å². The summed E-state index contributed by atoms with van der Waals surface area (Å²) in [6, 6.07) is 0. The smallest absolute Gasteiger partial charge is 0.163 e. The van der Waals surface area contributed by atoms with Crippen molar-refractivity contribution >= 4 is 0 Å². The van der Waals surface area contributed by atoms with Crippen molar-refractivity contribution < 1.29 is 14.6 Å². The Morgan fingerprint density at radius 3 is 2.88 bits per heavy atom. The van der Waals surface area contributed by atoms with Crippen molar-refractivity contribution in [3.8, 4) is 0 Å². The van der Waals surface area contributed by atoms with Crippen LogP contribution in [0.2, 0.25) is 0 Å². The van der Waals surface area contributed by atoms with Crippen molar-refractivity contribution in [2.75, 3.05) is 6.61 Å². The summed E-state index contributed by atoms with van der Waals surface area (Å²) in [6.45, 7) is 6.56. The molecule has 1 unspecified atom stereocenters. The topological polar surface area (TPSA) is 38.7 Å². The third-order valence-corrected chi connectivity index (χ3v) is 2.78. The molecule has 0 aromatic heterocycles. The van der Waals surface area contributed by atoms with E-state index in [1.54, 1.807) is 0 Å². The van der Waals surface area contributed by atoms with Gasteiger partial charge in [0.2, 0.25) is 0 Å². The summed E-state index contributed by atoms with van der Waals surface area (Å²) < 4.78 is 11.2. The van der Waals surface area contributed by atoms with Gasteiger partial charge < -0.3 is 14.6 Å². The summed E-state index contributed by atoms with van der Waals surface area (Å²) in [7, 11) is 0. The molecule has 1 rings (SSSR count). The lowest BCUT2D eigenvalue weighted by atomic mass is 10.0. The summed E-state index contributed by atoms with van der Waals surface area (Å²) in [4.78, 5) is 0. The van der Waals surface area contributed by atoms with E-state index in [0.29, 0.717) is 6.42 Å². The van der Waals surface area contributed by atoms with E-state index in [1.165, 1.54) is 0 Å². The second kappa shape index (κ2) is 6.38. The number of ether oxygens (including phenoxy) is 2. The van der Waals surface area contributed by atoms with Gasteiger partial charge in [-0.1, -0.05) is 12.2 Å². The molecule has 1 saturated heterocycles. The number of aliphatic hydroxyl groups is 1. The molecule has 16 heavy (non-hydrogen) atoms. The first-order chi connectivity index (χ1) is 7.53. The van der Waals surface area contributed by atoms with Crippen LogP contribution in [0.3, 0.4) is 0 Å². The lowest BCUT2D eigenvalue weighted by Gasteiger charge is -2.36. The van der Waals surface area contributed by atoms with Crippen LogP contribution in [0.15, 0.2) is 12.2 Å². The van der Waals surface area contributed by atoms with Crippen LogP contribution in [0.4, 0.5) is 0 Å². The molecule has 1 aliphatic heterocycles. The van der Waals surface area contributed by atoms with Crippen LogP contribution in [0, 0.1) is 0 Å². The zero-order valence-electron chi connectivity index (χ0n) is 10.6. The van der Waals surface area contributed by atoms with Crippen molar-refractivity contribution in [1.82, 2.24) is 0 Å². The van der Waals surface area contributed by atoms with E-state index in [2.05, 4.69) is 6.08 Å². The van der Waals surface area contributed by atoms with Crippen LogP contribution >= 0.6 is 0 Å². The van der Waals surface area contributed by atoms with Crippen molar-refractivity contribution in [3.63, 3.8) is 0 Å². The van der Waals surface area contributed by atoms with Gasteiger partial charge in [0.05, 0.1) is 18.8 Å². The van der Waals surface area contributed by atoms with Gasteiger partial charge in [-0.15, -0.1) is 0 Å². The number of rotatable bonds is 5. The normalized spacial score (nSPS) is 27.1. The Balaban J connectivity index is 2.25. The zero-order valence-corrected chi connectivity index (χ0v) is 10.6. The molecule has 0 amide bonds. The Labute approximate surface area is 98.4 Å². The maximum atomic E-state index is 9.84. The minimum Gasteiger partial charge on any atom is -0.393 e. The fourth-order valence-electron chi connectivity index (χ4n) is 1.97. The largest absolute Gasteiger partial charge is 0.393 e. The van der Waals surface area contributed by atoms with Crippen LogP contribution in [0.1, 0.15) is 46.5 Å². The molecule has 1 fully saturated rings. The van der Waals surface area contributed by atoms with Crippen LogP contribution in [-0.4, -0.2) is 29.7 Å². The van der Waals surface area contributed by atoms with Crippen LogP contribution < -0.4 is 0 Å². The predicted molar refractivity (Wildman–Crippen MR) is 64.2 cm³/mol. The SMILES string of the molecule is C/C=C/CCC(O)C[C@@H]1CCOC(C)(C)O1. The van der Waals surface area contributed by atoms with Crippen LogP contribution in [0.25, 0.3) is 0 Å². The van der Waals surface area contributed by atoms with Gasteiger partial charge in [0.15, 0.2) is 5.79 Å². The molecule has 0 aromatic rings. The third kappa shape index (κ3) is 5.10. The predicted octanol–water partition coefficient (Wildman–Crippen LogP) is 2.64. The fraction of sp³-hybridized carbons (Fsp3) is 0.846. The molecule has 2 atom stereocenters. The highest BCUT2D eigenvalue weighted by Crippen LogP contribution is 2.25. The van der Waals surface area contributed by atoms with Gasteiger partial charge in [0.1, 0.15) is 0 Å². The Morgan fingerprint density at radius 1 is 1.50 bits per heavy atom. The summed E-state index contributed by atoms with van der Waals surface area (Å²) in [5.41, 5.74) is 0. The number of aliphatic hydroxyl groups excluding tert-OH is 1. The maximum absolute atomic E-state index is 9.84. The second-order valence-corrected chi connectivity index (χ2v) is 4.81. The minimum atomic E-state index is -0.494. The monoisotopic (exact) mass is 228 g/mol. The molecule has 0 spiro atoms. The van der Waals surface area contributed by atoms with Gasteiger partial charge in [-0.2, -0.15) is 0 Å². The summed E-state index contributed by atoms with van der Waals surface area (Å²) in [5.74, 6) is -0.494. The highest BCUT2D eigenvalue weighted by Gasteiger charge is 2.30. The van der Waals surface area contributed by atoms with E-state index in [9.17, 15) is 5.11 Å². The first-order valence-corrected chi connectivity index (χ1v) is 6.14. The molecule has 3 nitrogen and oxygen atoms in total. The molecule has 1 aliphatic rings. The van der Waals surface area contributed by atoms with Crippen molar-refractivity contribution in [1.29, 1.82) is 0 Å². The van der Waals surface area contributed by atoms with E-state index in [0.717, 1.165) is 25.9 Å². The molecule has 0 bridgehead atoms. The molecule has 1 heterocycles. The molecule has 0 aromatic carbocycles. The highest BCUT2D eigenvalue weighted by molar-refractivity contribution is 4.79. The van der Waals surface area contributed by atoms with Gasteiger partial charge in [-0.3, -0.25) is 0 Å². The highest BCUT2D eigenvalue weighted by atomic mass is 16.7. The van der Waals surface area contributed by atoms with Crippen molar-refractivity contribution in [2.45, 2.75) is 64.4 Å². The molecule has 0 radical (unpaired) electrons. The summed E-state index contributed by atoms with van der Waals surface area (Å²) in [5, 5.41) is 9.84. The van der Waals surface area contributed by atoms with Gasteiger partial charge in [0.25, 0.3) is 0 Å². The number of allylic oxidation sites excluding steroid dienone is 2. The average Bonchev–Trinajstić information content (AvgIpc) is 2.16. The maximum Gasteiger partial charge on any atom is 0.163 e. The Morgan fingerprint density at radius 2 is 2.25 bits per heavy atom. The second-order valence-electron chi connectivity index (χ2n) is 4.81. The fourth-order valence-corrected chi connectivity index (χ4v) is 1.97. The molecule has 0 aliphatic carbocycles. The molecular formula is C13H24O3. The van der Waals surface area contributed by atoms with E-state index < -0.39 is 5.79 Å². The quantitative estimate of drug-likeness (QED) is 0.735. The first-order valence-electron chi connectivity index (χ1n) is 6.14. The third-order valence-electron chi connectivity index (χ3n) is 2.78. The minimum absolute atomic E-state index is 0.129. The van der Waals surface area contributed by atoms with E-state index >= 15 is 0 Å². The van der Waals surface area contributed by atoms with E-state index in [-0.39, 0.29) is 12.2 Å². The van der Waals surface area contributed by atoms with Crippen LogP contribution in [0.5, 0.6) is 0 Å². The van der Waals surface area contributed by atoms with Gasteiger partial charge in [-0.05, 0) is 46.5 Å². The molecule has 0 saturated carbocycles. The van der Waals surface area contributed by atoms with Gasteiger partial charge in [0, 0.05) is 0 Å². The molecule has 1 N–H and O–H groups in total. The zero-order chi connectivity index (χ0) is 12.0. The van der Waals surface area contributed by atoms with Crippen LogP contribution in [-0.2, 0) is 9.47 Å². The number of hydrogen-bond donors (Lipinski definition) is 1. The van der Waals surface area contributed by atoms with Crippen molar-refractivity contribution in [3.05, 3.63) is 12.2 Å². The lowest BCUT2D eigenvalue weighted by molar-refractivity contribution is -0.276. The summed E-state index contributed by atoms with van der Waals surface area (Å²) >= 11 is 0. The Hall–Kier alpha value is -0.380. The average molecular weight is 228 g/mol. The van der Waals surface area contributed by atoms with E-state index in [4.69, 9.17) is 9.47 Å². The molecular weight excluding hydrogens is 204 g/mol.